The van der Waals surface area contributed by atoms with Crippen molar-refractivity contribution in [3.05, 3.63) is 64.6 Å². The van der Waals surface area contributed by atoms with Crippen molar-refractivity contribution in [2.75, 3.05) is 11.2 Å². The van der Waals surface area contributed by atoms with Crippen molar-refractivity contribution in [3.63, 3.8) is 0 Å². The van der Waals surface area contributed by atoms with E-state index in [0.29, 0.717) is 14.9 Å². The lowest BCUT2D eigenvalue weighted by molar-refractivity contribution is -0.255. The van der Waals surface area contributed by atoms with Gasteiger partial charge in [-0.15, -0.1) is 11.8 Å². The second-order valence-corrected chi connectivity index (χ2v) is 7.68. The minimum atomic E-state index is -1.26. The summed E-state index contributed by atoms with van der Waals surface area (Å²) in [5, 5.41) is 10.8. The van der Waals surface area contributed by atoms with Gasteiger partial charge < -0.3 is 9.90 Å². The molecule has 1 saturated heterocycles. The molecule has 0 N–H and O–H groups in total. The number of thiocarbonyl (C=S) groups is 1. The van der Waals surface area contributed by atoms with Crippen molar-refractivity contribution >= 4 is 63.7 Å². The summed E-state index contributed by atoms with van der Waals surface area (Å²) < 4.78 is 0.415. The molecule has 2 aromatic rings. The molecule has 4 nitrogen and oxygen atoms in total. The summed E-state index contributed by atoms with van der Waals surface area (Å²) in [6, 6.07) is 13.8. The second kappa shape index (κ2) is 7.43. The Bertz CT molecular complexity index is 873. The Kier molecular flexibility index (Phi) is 5.27. The zero-order valence-corrected chi connectivity index (χ0v) is 15.5. The van der Waals surface area contributed by atoms with E-state index in [9.17, 15) is 14.7 Å². The third-order valence-electron chi connectivity index (χ3n) is 3.57. The second-order valence-electron chi connectivity index (χ2n) is 5.12. The fourth-order valence-electron chi connectivity index (χ4n) is 2.29. The van der Waals surface area contributed by atoms with E-state index < -0.39 is 5.97 Å². The number of nitrogens with zero attached hydrogens (tertiary/aromatic N) is 1. The molecular weight excluding hydrogens is 374 g/mol. The van der Waals surface area contributed by atoms with Crippen LogP contribution in [0.3, 0.4) is 0 Å². The highest BCUT2D eigenvalue weighted by molar-refractivity contribution is 8.27. The van der Waals surface area contributed by atoms with E-state index in [2.05, 4.69) is 0 Å². The van der Waals surface area contributed by atoms with Crippen molar-refractivity contribution < 1.29 is 14.7 Å². The van der Waals surface area contributed by atoms with E-state index in [1.54, 1.807) is 30.0 Å². The summed E-state index contributed by atoms with van der Waals surface area (Å²) in [4.78, 5) is 26.6. The van der Waals surface area contributed by atoms with Gasteiger partial charge in [0, 0.05) is 4.90 Å². The number of amides is 1. The lowest BCUT2D eigenvalue weighted by atomic mass is 10.2. The van der Waals surface area contributed by atoms with Gasteiger partial charge in [-0.2, -0.15) is 0 Å². The molecule has 0 radical (unpaired) electrons. The van der Waals surface area contributed by atoms with Crippen molar-refractivity contribution in [1.82, 2.24) is 0 Å². The van der Waals surface area contributed by atoms with E-state index in [-0.39, 0.29) is 11.5 Å². The fraction of sp³-hybridized carbons (Fsp3) is 0.0556. The molecule has 0 saturated carbocycles. The van der Waals surface area contributed by atoms with Gasteiger partial charge in [-0.3, -0.25) is 9.69 Å². The predicted molar refractivity (Wildman–Crippen MR) is 105 cm³/mol. The van der Waals surface area contributed by atoms with Crippen LogP contribution in [-0.2, 0) is 4.79 Å². The van der Waals surface area contributed by atoms with Crippen LogP contribution in [0.15, 0.2) is 58.3 Å². The SMILES string of the molecule is CSc1ccc(/C=C2\SC(=S)N(c3ccc(C(=O)[O-])cc3)C2=O)cc1. The minimum absolute atomic E-state index is 0.0543. The Morgan fingerprint density at radius 1 is 1.16 bits per heavy atom. The van der Waals surface area contributed by atoms with E-state index in [1.165, 1.54) is 28.8 Å². The lowest BCUT2D eigenvalue weighted by Crippen LogP contribution is -2.28. The number of hydrogen-bond acceptors (Lipinski definition) is 6. The highest BCUT2D eigenvalue weighted by Crippen LogP contribution is 2.36. The van der Waals surface area contributed by atoms with Crippen LogP contribution in [0.2, 0.25) is 0 Å². The normalized spacial score (nSPS) is 15.9. The zero-order chi connectivity index (χ0) is 18.0. The van der Waals surface area contributed by atoms with Crippen molar-refractivity contribution in [1.29, 1.82) is 0 Å². The van der Waals surface area contributed by atoms with Gasteiger partial charge in [0.05, 0.1) is 16.6 Å². The molecule has 0 unspecified atom stereocenters. The first kappa shape index (κ1) is 17.7. The quantitative estimate of drug-likeness (QED) is 0.457. The van der Waals surface area contributed by atoms with Crippen molar-refractivity contribution in [3.8, 4) is 0 Å². The van der Waals surface area contributed by atoms with E-state index in [1.807, 2.05) is 30.5 Å². The summed E-state index contributed by atoms with van der Waals surface area (Å²) in [5.41, 5.74) is 1.51. The van der Waals surface area contributed by atoms with Crippen LogP contribution in [0.1, 0.15) is 15.9 Å². The number of hydrogen-bond donors (Lipinski definition) is 0. The molecule has 25 heavy (non-hydrogen) atoms. The smallest absolute Gasteiger partial charge is 0.270 e. The number of anilines is 1. The molecule has 0 aromatic heterocycles. The van der Waals surface area contributed by atoms with Gasteiger partial charge in [-0.05, 0) is 47.7 Å². The van der Waals surface area contributed by atoms with Crippen LogP contribution in [0.5, 0.6) is 0 Å². The van der Waals surface area contributed by atoms with Crippen molar-refractivity contribution in [2.24, 2.45) is 0 Å². The summed E-state index contributed by atoms with van der Waals surface area (Å²) in [5.74, 6) is -1.48. The van der Waals surface area contributed by atoms with E-state index in [0.717, 1.165) is 10.5 Å². The van der Waals surface area contributed by atoms with Crippen LogP contribution in [-0.4, -0.2) is 22.5 Å². The maximum atomic E-state index is 12.7. The molecule has 1 aliphatic heterocycles. The monoisotopic (exact) mass is 386 g/mol. The lowest BCUT2D eigenvalue weighted by Gasteiger charge is -2.15. The topological polar surface area (TPSA) is 60.4 Å². The zero-order valence-electron chi connectivity index (χ0n) is 13.1. The van der Waals surface area contributed by atoms with Crippen LogP contribution < -0.4 is 10.0 Å². The molecule has 0 spiro atoms. The molecule has 0 bridgehead atoms. The number of rotatable bonds is 4. The summed E-state index contributed by atoms with van der Waals surface area (Å²) in [7, 11) is 0. The number of benzene rings is 2. The number of carboxylic acids is 1. The number of carbonyl (C=O) groups excluding carboxylic acids is 2. The van der Waals surface area contributed by atoms with Gasteiger partial charge in [0.1, 0.15) is 0 Å². The molecule has 3 rings (SSSR count). The summed E-state index contributed by atoms with van der Waals surface area (Å²) >= 11 is 8.19. The van der Waals surface area contributed by atoms with Crippen LogP contribution >= 0.6 is 35.7 Å². The van der Waals surface area contributed by atoms with E-state index >= 15 is 0 Å². The van der Waals surface area contributed by atoms with Gasteiger partial charge in [-0.25, -0.2) is 0 Å². The molecule has 0 atom stereocenters. The molecule has 1 aliphatic rings. The van der Waals surface area contributed by atoms with Crippen LogP contribution in [0, 0.1) is 0 Å². The number of aromatic carboxylic acids is 1. The first-order valence-electron chi connectivity index (χ1n) is 7.23. The van der Waals surface area contributed by atoms with Crippen molar-refractivity contribution in [2.45, 2.75) is 4.90 Å². The minimum Gasteiger partial charge on any atom is -0.545 e. The van der Waals surface area contributed by atoms with Gasteiger partial charge in [0.25, 0.3) is 5.91 Å². The first-order valence-corrected chi connectivity index (χ1v) is 9.68. The highest BCUT2D eigenvalue weighted by atomic mass is 32.2. The number of carbonyl (C=O) groups is 2. The first-order chi connectivity index (χ1) is 12.0. The van der Waals surface area contributed by atoms with E-state index in [4.69, 9.17) is 12.2 Å². The largest absolute Gasteiger partial charge is 0.545 e. The summed E-state index contributed by atoms with van der Waals surface area (Å²) in [6.45, 7) is 0. The Hall–Kier alpha value is -2.09. The van der Waals surface area contributed by atoms with Gasteiger partial charge in [0.2, 0.25) is 0 Å². The maximum absolute atomic E-state index is 12.7. The Morgan fingerprint density at radius 2 is 1.80 bits per heavy atom. The van der Waals surface area contributed by atoms with Crippen LogP contribution in [0.25, 0.3) is 6.08 Å². The third kappa shape index (κ3) is 3.78. The Balaban J connectivity index is 1.86. The average molecular weight is 386 g/mol. The van der Waals surface area contributed by atoms with Gasteiger partial charge in [0.15, 0.2) is 4.32 Å². The van der Waals surface area contributed by atoms with Crippen LogP contribution in [0.4, 0.5) is 5.69 Å². The standard InChI is InChI=1S/C18H13NO3S3/c1-24-14-8-2-11(3-9-14)10-15-16(20)19(18(23)25-15)13-6-4-12(5-7-13)17(21)22/h2-10H,1H3,(H,21,22)/p-1/b15-10-. The molecule has 1 heterocycles. The maximum Gasteiger partial charge on any atom is 0.270 e. The molecular formula is C18H12NO3S3-. The molecule has 1 amide bonds. The highest BCUT2D eigenvalue weighted by Gasteiger charge is 2.33. The number of carboxylic acid groups (broad SMARTS) is 1. The predicted octanol–water partition coefficient (Wildman–Crippen LogP) is 3.18. The number of thioether (sulfide) groups is 2. The molecule has 126 valence electrons. The average Bonchev–Trinajstić information content (AvgIpc) is 2.89. The van der Waals surface area contributed by atoms with Gasteiger partial charge in [-0.1, -0.05) is 48.2 Å². The molecule has 1 fully saturated rings. The third-order valence-corrected chi connectivity index (χ3v) is 5.61. The Morgan fingerprint density at radius 3 is 2.36 bits per heavy atom. The molecule has 2 aromatic carbocycles. The molecule has 7 heteroatoms. The van der Waals surface area contributed by atoms with Gasteiger partial charge >= 0.3 is 0 Å². The Labute approximate surface area is 158 Å². The fourth-order valence-corrected chi connectivity index (χ4v) is 4.00. The molecule has 0 aliphatic carbocycles. The summed E-state index contributed by atoms with van der Waals surface area (Å²) in [6.07, 6.45) is 3.81.